The molecule has 0 N–H and O–H groups in total. The standard InChI is InChI=1S/C19H14FN3/c1-23(14-7-3-2-4-8-14)18-11-12-22-19(16(18)13-21)15-9-5-6-10-17(15)20/h2-12H,1H3. The predicted molar refractivity (Wildman–Crippen MR) is 88.9 cm³/mol. The second-order valence-corrected chi connectivity index (χ2v) is 5.04. The van der Waals surface area contributed by atoms with E-state index >= 15 is 0 Å². The van der Waals surface area contributed by atoms with Gasteiger partial charge in [0.1, 0.15) is 17.4 Å². The monoisotopic (exact) mass is 303 g/mol. The van der Waals surface area contributed by atoms with Crippen molar-refractivity contribution in [1.29, 1.82) is 5.26 Å². The third-order valence-corrected chi connectivity index (χ3v) is 3.67. The lowest BCUT2D eigenvalue weighted by molar-refractivity contribution is 0.630. The number of hydrogen-bond donors (Lipinski definition) is 0. The number of para-hydroxylation sites is 1. The summed E-state index contributed by atoms with van der Waals surface area (Å²) in [5, 5.41) is 9.61. The Hall–Kier alpha value is -3.19. The number of rotatable bonds is 3. The van der Waals surface area contributed by atoms with E-state index in [2.05, 4.69) is 11.1 Å². The smallest absolute Gasteiger partial charge is 0.132 e. The summed E-state index contributed by atoms with van der Waals surface area (Å²) in [6.07, 6.45) is 1.59. The van der Waals surface area contributed by atoms with Crippen LogP contribution in [0.15, 0.2) is 66.9 Å². The number of pyridine rings is 1. The van der Waals surface area contributed by atoms with E-state index < -0.39 is 5.82 Å². The molecule has 0 unspecified atom stereocenters. The molecule has 0 aliphatic rings. The van der Waals surface area contributed by atoms with Gasteiger partial charge in [-0.2, -0.15) is 5.26 Å². The van der Waals surface area contributed by atoms with Crippen LogP contribution in [0.25, 0.3) is 11.3 Å². The van der Waals surface area contributed by atoms with Crippen molar-refractivity contribution in [3.05, 3.63) is 78.2 Å². The number of nitrogens with zero attached hydrogens (tertiary/aromatic N) is 3. The van der Waals surface area contributed by atoms with E-state index in [1.54, 1.807) is 30.5 Å². The molecule has 0 saturated heterocycles. The van der Waals surface area contributed by atoms with Crippen LogP contribution >= 0.6 is 0 Å². The summed E-state index contributed by atoms with van der Waals surface area (Å²) in [4.78, 5) is 6.12. The minimum absolute atomic E-state index is 0.326. The molecule has 0 aliphatic carbocycles. The summed E-state index contributed by atoms with van der Waals surface area (Å²) in [5.74, 6) is -0.393. The first-order chi connectivity index (χ1) is 11.2. The Bertz CT molecular complexity index is 869. The molecule has 4 heteroatoms. The molecular weight excluding hydrogens is 289 g/mol. The summed E-state index contributed by atoms with van der Waals surface area (Å²) in [6, 6.07) is 20.0. The molecule has 112 valence electrons. The fraction of sp³-hybridized carbons (Fsp3) is 0.0526. The van der Waals surface area contributed by atoms with Crippen molar-refractivity contribution in [3.8, 4) is 17.3 Å². The summed E-state index contributed by atoms with van der Waals surface area (Å²) in [7, 11) is 1.87. The first kappa shape index (κ1) is 14.7. The highest BCUT2D eigenvalue weighted by Crippen LogP contribution is 2.32. The Balaban J connectivity index is 2.16. The molecule has 0 radical (unpaired) electrons. The van der Waals surface area contributed by atoms with Gasteiger partial charge in [0.15, 0.2) is 0 Å². The summed E-state index contributed by atoms with van der Waals surface area (Å²) < 4.78 is 14.1. The van der Waals surface area contributed by atoms with Gasteiger partial charge >= 0.3 is 0 Å². The molecule has 0 saturated carbocycles. The van der Waals surface area contributed by atoms with Gasteiger partial charge in [-0.3, -0.25) is 4.98 Å². The number of benzene rings is 2. The van der Waals surface area contributed by atoms with Gasteiger partial charge in [0.25, 0.3) is 0 Å². The molecule has 0 bridgehead atoms. The molecule has 0 aliphatic heterocycles. The maximum Gasteiger partial charge on any atom is 0.132 e. The van der Waals surface area contributed by atoms with Crippen molar-refractivity contribution in [3.63, 3.8) is 0 Å². The van der Waals surface area contributed by atoms with Crippen molar-refractivity contribution in [2.75, 3.05) is 11.9 Å². The van der Waals surface area contributed by atoms with Crippen LogP contribution in [0.5, 0.6) is 0 Å². The number of nitriles is 1. The molecular formula is C19H14FN3. The van der Waals surface area contributed by atoms with Gasteiger partial charge in [0.05, 0.1) is 11.4 Å². The van der Waals surface area contributed by atoms with Crippen LogP contribution in [0.3, 0.4) is 0 Å². The molecule has 23 heavy (non-hydrogen) atoms. The Kier molecular flexibility index (Phi) is 4.03. The summed E-state index contributed by atoms with van der Waals surface area (Å²) in [6.45, 7) is 0. The average molecular weight is 303 g/mol. The molecule has 3 nitrogen and oxygen atoms in total. The molecule has 1 heterocycles. The maximum absolute atomic E-state index is 14.1. The van der Waals surface area contributed by atoms with Crippen molar-refractivity contribution in [2.24, 2.45) is 0 Å². The van der Waals surface area contributed by atoms with E-state index in [1.807, 2.05) is 42.3 Å². The molecule has 0 atom stereocenters. The first-order valence-corrected chi connectivity index (χ1v) is 7.15. The lowest BCUT2D eigenvalue weighted by atomic mass is 10.0. The van der Waals surface area contributed by atoms with Gasteiger partial charge in [-0.25, -0.2) is 4.39 Å². The number of hydrogen-bond acceptors (Lipinski definition) is 3. The normalized spacial score (nSPS) is 10.1. The quantitative estimate of drug-likeness (QED) is 0.714. The van der Waals surface area contributed by atoms with E-state index in [-0.39, 0.29) is 0 Å². The zero-order valence-corrected chi connectivity index (χ0v) is 12.6. The van der Waals surface area contributed by atoms with Gasteiger partial charge in [-0.15, -0.1) is 0 Å². The van der Waals surface area contributed by atoms with Crippen LogP contribution in [-0.4, -0.2) is 12.0 Å². The number of aromatic nitrogens is 1. The Morgan fingerprint density at radius 1 is 1.00 bits per heavy atom. The largest absolute Gasteiger partial charge is 0.343 e. The highest BCUT2D eigenvalue weighted by molar-refractivity contribution is 5.78. The van der Waals surface area contributed by atoms with Crippen molar-refractivity contribution in [1.82, 2.24) is 4.98 Å². The number of anilines is 2. The second kappa shape index (κ2) is 6.29. The van der Waals surface area contributed by atoms with Gasteiger partial charge in [-0.05, 0) is 30.3 Å². The van der Waals surface area contributed by atoms with Crippen LogP contribution in [0, 0.1) is 17.1 Å². The van der Waals surface area contributed by atoms with E-state index in [1.165, 1.54) is 6.07 Å². The van der Waals surface area contributed by atoms with E-state index in [0.717, 1.165) is 5.69 Å². The average Bonchev–Trinajstić information content (AvgIpc) is 2.61. The lowest BCUT2D eigenvalue weighted by Crippen LogP contribution is -2.12. The van der Waals surface area contributed by atoms with Crippen LogP contribution in [0.2, 0.25) is 0 Å². The van der Waals surface area contributed by atoms with Gasteiger partial charge in [0.2, 0.25) is 0 Å². The molecule has 0 fully saturated rings. The second-order valence-electron chi connectivity index (χ2n) is 5.04. The van der Waals surface area contributed by atoms with Gasteiger partial charge in [-0.1, -0.05) is 30.3 Å². The maximum atomic E-state index is 14.1. The van der Waals surface area contributed by atoms with Crippen molar-refractivity contribution in [2.45, 2.75) is 0 Å². The third kappa shape index (κ3) is 2.77. The van der Waals surface area contributed by atoms with Crippen molar-refractivity contribution >= 4 is 11.4 Å². The molecule has 2 aromatic carbocycles. The van der Waals surface area contributed by atoms with E-state index in [4.69, 9.17) is 0 Å². The Morgan fingerprint density at radius 2 is 1.70 bits per heavy atom. The molecule has 3 rings (SSSR count). The lowest BCUT2D eigenvalue weighted by Gasteiger charge is -2.21. The van der Waals surface area contributed by atoms with E-state index in [0.29, 0.717) is 22.5 Å². The van der Waals surface area contributed by atoms with E-state index in [9.17, 15) is 9.65 Å². The highest BCUT2D eigenvalue weighted by Gasteiger charge is 2.17. The highest BCUT2D eigenvalue weighted by atomic mass is 19.1. The Labute approximate surface area is 134 Å². The molecule has 3 aromatic rings. The molecule has 0 amide bonds. The minimum Gasteiger partial charge on any atom is -0.343 e. The minimum atomic E-state index is -0.393. The van der Waals surface area contributed by atoms with Gasteiger partial charge < -0.3 is 4.90 Å². The van der Waals surface area contributed by atoms with Crippen molar-refractivity contribution < 1.29 is 4.39 Å². The SMILES string of the molecule is CN(c1ccccc1)c1ccnc(-c2ccccc2F)c1C#N. The summed E-state index contributed by atoms with van der Waals surface area (Å²) >= 11 is 0. The van der Waals surface area contributed by atoms with Gasteiger partial charge in [0, 0.05) is 24.5 Å². The fourth-order valence-electron chi connectivity index (χ4n) is 2.49. The number of halogens is 1. The van der Waals surface area contributed by atoms with Crippen LogP contribution in [-0.2, 0) is 0 Å². The zero-order valence-electron chi connectivity index (χ0n) is 12.6. The van der Waals surface area contributed by atoms with Crippen LogP contribution < -0.4 is 4.90 Å². The van der Waals surface area contributed by atoms with Crippen LogP contribution in [0.1, 0.15) is 5.56 Å². The first-order valence-electron chi connectivity index (χ1n) is 7.15. The summed E-state index contributed by atoms with van der Waals surface area (Å²) in [5.41, 5.74) is 2.66. The third-order valence-electron chi connectivity index (χ3n) is 3.67. The molecule has 1 aromatic heterocycles. The van der Waals surface area contributed by atoms with Crippen LogP contribution in [0.4, 0.5) is 15.8 Å². The molecule has 0 spiro atoms. The predicted octanol–water partition coefficient (Wildman–Crippen LogP) is 4.53. The zero-order chi connectivity index (χ0) is 16.2. The topological polar surface area (TPSA) is 39.9 Å². The Morgan fingerprint density at radius 3 is 2.39 bits per heavy atom. The fourth-order valence-corrected chi connectivity index (χ4v) is 2.49.